The summed E-state index contributed by atoms with van der Waals surface area (Å²) >= 11 is 0. The second kappa shape index (κ2) is 7.82. The highest BCUT2D eigenvalue weighted by Crippen LogP contribution is 2.18. The summed E-state index contributed by atoms with van der Waals surface area (Å²) in [5.41, 5.74) is 2.52. The fraction of sp³-hybridized carbons (Fsp3) is 0.150. The van der Waals surface area contributed by atoms with Crippen molar-refractivity contribution in [2.24, 2.45) is 0 Å². The Morgan fingerprint density at radius 2 is 1.59 bits per heavy atom. The fourth-order valence-electron chi connectivity index (χ4n) is 2.76. The second-order valence-electron chi connectivity index (χ2n) is 6.09. The molecule has 0 saturated carbocycles. The molecule has 0 radical (unpaired) electrons. The molecule has 0 fully saturated rings. The van der Waals surface area contributed by atoms with Crippen molar-refractivity contribution in [3.63, 3.8) is 0 Å². The van der Waals surface area contributed by atoms with E-state index in [1.807, 2.05) is 42.5 Å². The van der Waals surface area contributed by atoms with E-state index in [1.54, 1.807) is 16.6 Å². The lowest BCUT2D eigenvalue weighted by atomic mass is 10.2. The Hall–Kier alpha value is -3.48. The van der Waals surface area contributed by atoms with Gasteiger partial charge in [0.05, 0.1) is 0 Å². The van der Waals surface area contributed by atoms with Crippen molar-refractivity contribution in [2.75, 3.05) is 23.7 Å². The Balaban J connectivity index is 1.39. The minimum atomic E-state index is -0.285. The number of hydrogen-bond donors (Lipinski definition) is 2. The molecule has 0 aliphatic rings. The maximum Gasteiger partial charge on any atom is 0.185 e. The van der Waals surface area contributed by atoms with Crippen molar-refractivity contribution < 1.29 is 4.39 Å². The Morgan fingerprint density at radius 3 is 2.41 bits per heavy atom. The molecule has 136 valence electrons. The molecule has 0 aliphatic carbocycles. The first-order valence-electron chi connectivity index (χ1n) is 8.81. The number of nitrogens with one attached hydrogen (secondary N) is 2. The zero-order valence-corrected chi connectivity index (χ0v) is 14.6. The molecule has 7 heteroatoms. The lowest BCUT2D eigenvalue weighted by Gasteiger charge is -2.08. The molecule has 0 amide bonds. The molecule has 27 heavy (non-hydrogen) atoms. The maximum atomic E-state index is 13.1. The highest BCUT2D eigenvalue weighted by atomic mass is 19.1. The quantitative estimate of drug-likeness (QED) is 0.489. The summed E-state index contributed by atoms with van der Waals surface area (Å²) in [6.07, 6.45) is 0.946. The minimum Gasteiger partial charge on any atom is -0.385 e. The van der Waals surface area contributed by atoms with Gasteiger partial charge in [0.2, 0.25) is 0 Å². The average Bonchev–Trinajstić information content (AvgIpc) is 3.12. The Morgan fingerprint density at radius 1 is 0.815 bits per heavy atom. The van der Waals surface area contributed by atoms with Crippen molar-refractivity contribution in [1.82, 2.24) is 19.8 Å². The van der Waals surface area contributed by atoms with Gasteiger partial charge in [-0.25, -0.2) is 4.39 Å². The predicted octanol–water partition coefficient (Wildman–Crippen LogP) is 3.84. The van der Waals surface area contributed by atoms with Gasteiger partial charge in [0.15, 0.2) is 11.5 Å². The number of aromatic nitrogens is 4. The molecule has 0 spiro atoms. The van der Waals surface area contributed by atoms with Crippen LogP contribution in [0.4, 0.5) is 15.9 Å². The first kappa shape index (κ1) is 17.0. The molecule has 0 atom stereocenters. The van der Waals surface area contributed by atoms with E-state index < -0.39 is 0 Å². The van der Waals surface area contributed by atoms with Gasteiger partial charge in [-0.05, 0) is 55.0 Å². The topological polar surface area (TPSA) is 67.1 Å². The van der Waals surface area contributed by atoms with Crippen molar-refractivity contribution in [3.05, 3.63) is 72.5 Å². The number of rotatable bonds is 7. The number of benzene rings is 2. The third-order valence-corrected chi connectivity index (χ3v) is 4.13. The number of anilines is 2. The highest BCUT2D eigenvalue weighted by Gasteiger charge is 2.10. The van der Waals surface area contributed by atoms with Crippen LogP contribution in [0.1, 0.15) is 6.42 Å². The van der Waals surface area contributed by atoms with Crippen molar-refractivity contribution in [1.29, 1.82) is 0 Å². The minimum absolute atomic E-state index is 0.285. The van der Waals surface area contributed by atoms with Gasteiger partial charge in [0, 0.05) is 24.3 Å². The van der Waals surface area contributed by atoms with Gasteiger partial charge in [0.25, 0.3) is 0 Å². The van der Waals surface area contributed by atoms with Crippen LogP contribution in [0.2, 0.25) is 0 Å². The lowest BCUT2D eigenvalue weighted by molar-refractivity contribution is 0.628. The van der Waals surface area contributed by atoms with Crippen molar-refractivity contribution in [2.45, 2.75) is 6.42 Å². The first-order chi connectivity index (χ1) is 13.3. The van der Waals surface area contributed by atoms with E-state index in [9.17, 15) is 4.39 Å². The first-order valence-corrected chi connectivity index (χ1v) is 8.81. The summed E-state index contributed by atoms with van der Waals surface area (Å²) in [6, 6.07) is 20.0. The predicted molar refractivity (Wildman–Crippen MR) is 104 cm³/mol. The van der Waals surface area contributed by atoms with E-state index in [0.717, 1.165) is 36.6 Å². The zero-order chi connectivity index (χ0) is 18.5. The van der Waals surface area contributed by atoms with E-state index >= 15 is 0 Å². The van der Waals surface area contributed by atoms with Crippen LogP contribution >= 0.6 is 0 Å². The van der Waals surface area contributed by atoms with Crippen LogP contribution in [0.3, 0.4) is 0 Å². The van der Waals surface area contributed by atoms with Gasteiger partial charge in [-0.2, -0.15) is 4.52 Å². The lowest BCUT2D eigenvalue weighted by Crippen LogP contribution is -2.11. The van der Waals surface area contributed by atoms with E-state index in [2.05, 4.69) is 25.9 Å². The van der Waals surface area contributed by atoms with Crippen molar-refractivity contribution >= 4 is 17.2 Å². The maximum absolute atomic E-state index is 13.1. The molecule has 2 heterocycles. The van der Waals surface area contributed by atoms with Crippen LogP contribution in [-0.4, -0.2) is 32.9 Å². The Kier molecular flexibility index (Phi) is 4.91. The second-order valence-corrected chi connectivity index (χ2v) is 6.09. The van der Waals surface area contributed by atoms with Crippen LogP contribution in [0.15, 0.2) is 66.7 Å². The van der Waals surface area contributed by atoms with E-state index in [4.69, 9.17) is 0 Å². The molecule has 2 aromatic heterocycles. The van der Waals surface area contributed by atoms with Gasteiger partial charge < -0.3 is 10.6 Å². The van der Waals surface area contributed by atoms with Gasteiger partial charge in [-0.3, -0.25) is 0 Å². The molecular formula is C20H19FN6. The molecule has 0 saturated heterocycles. The Bertz CT molecular complexity index is 1010. The van der Waals surface area contributed by atoms with Gasteiger partial charge >= 0.3 is 0 Å². The smallest absolute Gasteiger partial charge is 0.185 e. The number of hydrogen-bond acceptors (Lipinski definition) is 5. The molecule has 2 N–H and O–H groups in total. The summed E-state index contributed by atoms with van der Waals surface area (Å²) in [5.74, 6) is 1.04. The van der Waals surface area contributed by atoms with Crippen molar-refractivity contribution in [3.8, 4) is 11.4 Å². The van der Waals surface area contributed by atoms with Crippen LogP contribution in [0.5, 0.6) is 0 Å². The number of nitrogens with zero attached hydrogens (tertiary/aromatic N) is 4. The van der Waals surface area contributed by atoms with Gasteiger partial charge in [-0.1, -0.05) is 18.2 Å². The molecule has 0 aliphatic heterocycles. The Labute approximate surface area is 156 Å². The molecule has 0 unspecified atom stereocenters. The zero-order valence-electron chi connectivity index (χ0n) is 14.6. The normalized spacial score (nSPS) is 10.9. The average molecular weight is 362 g/mol. The van der Waals surface area contributed by atoms with Gasteiger partial charge in [-0.15, -0.1) is 15.3 Å². The third kappa shape index (κ3) is 4.03. The molecular weight excluding hydrogens is 343 g/mol. The SMILES string of the molecule is Fc1ccc(-c2nnc3ccc(NCCCNc4ccccc4)nn23)cc1. The highest BCUT2D eigenvalue weighted by molar-refractivity contribution is 5.59. The van der Waals surface area contributed by atoms with E-state index in [0.29, 0.717) is 11.5 Å². The van der Waals surface area contributed by atoms with Gasteiger partial charge in [0.1, 0.15) is 11.6 Å². The van der Waals surface area contributed by atoms with Crippen LogP contribution in [0.25, 0.3) is 17.0 Å². The van der Waals surface area contributed by atoms with Crippen LogP contribution in [0, 0.1) is 5.82 Å². The summed E-state index contributed by atoms with van der Waals surface area (Å²) in [4.78, 5) is 0. The van der Waals surface area contributed by atoms with Crippen LogP contribution in [-0.2, 0) is 0 Å². The van der Waals surface area contributed by atoms with E-state index in [-0.39, 0.29) is 5.82 Å². The summed E-state index contributed by atoms with van der Waals surface area (Å²) in [5, 5.41) is 19.5. The molecule has 0 bridgehead atoms. The molecule has 4 aromatic rings. The molecule has 6 nitrogen and oxygen atoms in total. The number of para-hydroxylation sites is 1. The van der Waals surface area contributed by atoms with Crippen LogP contribution < -0.4 is 10.6 Å². The number of fused-ring (bicyclic) bond motifs is 1. The molecule has 4 rings (SSSR count). The molecule has 2 aromatic carbocycles. The standard InChI is InChI=1S/C20H19FN6/c21-16-9-7-15(8-10-16)20-25-24-19-12-11-18(26-27(19)20)23-14-4-13-22-17-5-2-1-3-6-17/h1-3,5-12,22H,4,13-14H2,(H,23,26). The monoisotopic (exact) mass is 362 g/mol. The summed E-state index contributed by atoms with van der Waals surface area (Å²) in [6.45, 7) is 1.65. The third-order valence-electron chi connectivity index (χ3n) is 4.13. The fourth-order valence-corrected chi connectivity index (χ4v) is 2.76. The number of halogens is 1. The summed E-state index contributed by atoms with van der Waals surface area (Å²) < 4.78 is 14.8. The summed E-state index contributed by atoms with van der Waals surface area (Å²) in [7, 11) is 0. The van der Waals surface area contributed by atoms with E-state index in [1.165, 1.54) is 12.1 Å². The largest absolute Gasteiger partial charge is 0.385 e.